The van der Waals surface area contributed by atoms with E-state index < -0.39 is 94.3 Å². The molecule has 3 aromatic rings. The molecule has 0 aliphatic carbocycles. The van der Waals surface area contributed by atoms with Crippen molar-refractivity contribution in [3.8, 4) is 5.75 Å². The quantitative estimate of drug-likeness (QED) is 0.00947. The Morgan fingerprint density at radius 2 is 0.891 bits per heavy atom. The first-order chi connectivity index (χ1) is 52.3. The van der Waals surface area contributed by atoms with E-state index in [-0.39, 0.29) is 175 Å². The van der Waals surface area contributed by atoms with E-state index in [9.17, 15) is 87.1 Å². The summed E-state index contributed by atoms with van der Waals surface area (Å²) in [6.07, 6.45) is 4.18. The van der Waals surface area contributed by atoms with Crippen LogP contribution in [0.2, 0.25) is 0 Å². The number of nitrogens with two attached hydrogens (primary N) is 2. The molecule has 2 saturated heterocycles. The predicted molar refractivity (Wildman–Crippen MR) is 408 cm³/mol. The number of thioether (sulfide) groups is 2. The number of nitro benzene ring substituents is 1. The molecular weight excluding hydrogens is 1470 g/mol. The number of carbonyl (C=O) groups is 15. The number of aliphatic hydroxyl groups is 1. The molecule has 0 radical (unpaired) electrons. The van der Waals surface area contributed by atoms with E-state index in [4.69, 9.17) is 20.9 Å². The van der Waals surface area contributed by atoms with Gasteiger partial charge in [-0.15, -0.1) is 0 Å². The summed E-state index contributed by atoms with van der Waals surface area (Å²) in [7, 11) is 0. The van der Waals surface area contributed by atoms with Crippen LogP contribution in [0.3, 0.4) is 0 Å². The molecule has 2 aliphatic rings. The summed E-state index contributed by atoms with van der Waals surface area (Å²) in [6, 6.07) is 14.6. The first kappa shape index (κ1) is 90.9. The maximum Gasteiger partial charge on any atom is 0.514 e. The van der Waals surface area contributed by atoms with Crippen molar-refractivity contribution in [2.75, 3.05) is 86.7 Å². The molecule has 2 aliphatic heterocycles. The lowest BCUT2D eigenvalue weighted by molar-refractivity contribution is -0.384. The number of hydrogen-bond donors (Lipinski definition) is 9. The average molecular weight is 1570 g/mol. The lowest BCUT2D eigenvalue weighted by atomic mass is 9.89. The van der Waals surface area contributed by atoms with Gasteiger partial charge in [-0.25, -0.2) is 14.4 Å². The van der Waals surface area contributed by atoms with Gasteiger partial charge in [0.15, 0.2) is 11.6 Å². The number of benzene rings is 3. The van der Waals surface area contributed by atoms with Crippen LogP contribution in [-0.4, -0.2) is 216 Å². The lowest BCUT2D eigenvalue weighted by Gasteiger charge is -2.41. The van der Waals surface area contributed by atoms with Crippen LogP contribution in [0.25, 0.3) is 0 Å². The zero-order chi connectivity index (χ0) is 81.6. The number of primary amides is 2. The number of nitrogens with zero attached hydrogens (tertiary/aromatic N) is 7. The third-order valence-electron chi connectivity index (χ3n) is 16.7. The van der Waals surface area contributed by atoms with Gasteiger partial charge in [0.25, 0.3) is 5.69 Å². The van der Waals surface area contributed by atoms with Gasteiger partial charge in [0.1, 0.15) is 12.4 Å². The minimum atomic E-state index is -1.03. The van der Waals surface area contributed by atoms with Crippen molar-refractivity contribution in [2.45, 2.75) is 104 Å². The van der Waals surface area contributed by atoms with Gasteiger partial charge in [-0.3, -0.25) is 67.6 Å². The zero-order valence-electron chi connectivity index (χ0n) is 61.9. The number of amides is 14. The number of urea groups is 2. The van der Waals surface area contributed by atoms with Crippen LogP contribution in [0, 0.1) is 33.8 Å². The molecule has 110 heavy (non-hydrogen) atoms. The SMILES string of the molecule is C=CC(=O)N1CN(C(=O)C=C)CN(C(=O)CCSCC(=O)N[C@H](C(=O)C[C@@H](CCCNC(N)=O)C(=O)Nc2ccc(CO)cc2)C(C)C)C1.C=CC(=O)N1CN(C(=O)C=C)CN(C(=O)CCSCC(=O)N[C@H](C(=O)C[C@@H](CCCNC(N)=O)C(=O)Nc2ccc(COC(=O)Oc3ccc([N+](=O)[O-])cc3)cc2)C(C)C)C1. The van der Waals surface area contributed by atoms with Gasteiger partial charge in [0.05, 0.1) is 75.1 Å². The van der Waals surface area contributed by atoms with Crippen molar-refractivity contribution in [3.05, 3.63) is 145 Å². The Bertz CT molecular complexity index is 3730. The number of anilines is 2. The van der Waals surface area contributed by atoms with Crippen LogP contribution >= 0.6 is 23.5 Å². The van der Waals surface area contributed by atoms with E-state index >= 15 is 0 Å². The number of aliphatic hydroxyl groups excluding tert-OH is 1. The number of ether oxygens (including phenoxy) is 2. The smallest absolute Gasteiger partial charge is 0.429 e. The highest BCUT2D eigenvalue weighted by molar-refractivity contribution is 8.00. The Morgan fingerprint density at radius 3 is 1.22 bits per heavy atom. The summed E-state index contributed by atoms with van der Waals surface area (Å²) >= 11 is 2.35. The molecule has 4 atom stereocenters. The second-order valence-electron chi connectivity index (χ2n) is 25.8. The average Bonchev–Trinajstić information content (AvgIpc) is 0.865. The molecule has 2 heterocycles. The lowest BCUT2D eigenvalue weighted by Crippen LogP contribution is -2.59. The second-order valence-corrected chi connectivity index (χ2v) is 28.0. The minimum Gasteiger partial charge on any atom is -0.429 e. The molecule has 0 aromatic heterocycles. The molecule has 5 rings (SSSR count). The number of Topliss-reactive ketones (excluding diaryl/α,β-unsaturated/α-hetero) is 2. The third-order valence-corrected chi connectivity index (χ3v) is 18.6. The first-order valence-corrected chi connectivity index (χ1v) is 37.2. The van der Waals surface area contributed by atoms with Gasteiger partial charge in [-0.2, -0.15) is 23.5 Å². The summed E-state index contributed by atoms with van der Waals surface area (Å²) in [5.41, 5.74) is 12.2. The summed E-state index contributed by atoms with van der Waals surface area (Å²) < 4.78 is 10.1. The highest BCUT2D eigenvalue weighted by atomic mass is 32.2. The highest BCUT2D eigenvalue weighted by Gasteiger charge is 2.35. The maximum atomic E-state index is 13.7. The second kappa shape index (κ2) is 47.4. The number of ketones is 2. The summed E-state index contributed by atoms with van der Waals surface area (Å²) in [5.74, 6) is -6.67. The number of carbonyl (C=O) groups excluding carboxylic acids is 15. The van der Waals surface area contributed by atoms with Crippen molar-refractivity contribution in [1.29, 1.82) is 0 Å². The van der Waals surface area contributed by atoms with Crippen molar-refractivity contribution < 1.29 is 91.4 Å². The molecule has 37 heteroatoms. The molecule has 0 bridgehead atoms. The predicted octanol–water partition coefficient (Wildman–Crippen LogP) is 4.43. The van der Waals surface area contributed by atoms with Crippen LogP contribution in [0.1, 0.15) is 90.2 Å². The first-order valence-electron chi connectivity index (χ1n) is 34.9. The largest absolute Gasteiger partial charge is 0.514 e. The Balaban J connectivity index is 0.000000476. The van der Waals surface area contributed by atoms with Gasteiger partial charge >= 0.3 is 18.2 Å². The van der Waals surface area contributed by atoms with Gasteiger partial charge in [-0.1, -0.05) is 78.3 Å². The number of rotatable bonds is 41. The number of nitro groups is 1. The van der Waals surface area contributed by atoms with Crippen LogP contribution < -0.4 is 48.1 Å². The molecule has 35 nitrogen and oxygen atoms in total. The van der Waals surface area contributed by atoms with Gasteiger partial charge < -0.3 is 87.3 Å². The molecule has 11 N–H and O–H groups in total. The van der Waals surface area contributed by atoms with Crippen molar-refractivity contribution >= 4 is 129 Å². The molecule has 0 saturated carbocycles. The number of hydrogen-bond acceptors (Lipinski definition) is 22. The summed E-state index contributed by atoms with van der Waals surface area (Å²) in [5, 5.41) is 36.1. The van der Waals surface area contributed by atoms with Gasteiger partial charge in [0, 0.05) is 85.6 Å². The summed E-state index contributed by atoms with van der Waals surface area (Å²) in [4.78, 5) is 207. The highest BCUT2D eigenvalue weighted by Crippen LogP contribution is 2.24. The van der Waals surface area contributed by atoms with E-state index in [1.165, 1.54) is 65.4 Å². The Morgan fingerprint density at radius 1 is 0.536 bits per heavy atom. The fourth-order valence-electron chi connectivity index (χ4n) is 10.8. The van der Waals surface area contributed by atoms with Crippen LogP contribution in [0.15, 0.2) is 123 Å². The van der Waals surface area contributed by atoms with Crippen molar-refractivity contribution in [3.63, 3.8) is 0 Å². The molecule has 14 amide bonds. The van der Waals surface area contributed by atoms with Crippen LogP contribution in [0.4, 0.5) is 31.4 Å². The zero-order valence-corrected chi connectivity index (χ0v) is 63.5. The van der Waals surface area contributed by atoms with Crippen LogP contribution in [-0.2, 0) is 75.5 Å². The molecule has 596 valence electrons. The minimum absolute atomic E-state index is 0.00127. The van der Waals surface area contributed by atoms with E-state index in [1.54, 1.807) is 76.2 Å². The molecule has 2 fully saturated rings. The molecule has 0 unspecified atom stereocenters. The fraction of sp³-hybridized carbons (Fsp3) is 0.438. The maximum absolute atomic E-state index is 13.7. The van der Waals surface area contributed by atoms with Crippen LogP contribution in [0.5, 0.6) is 5.75 Å². The van der Waals surface area contributed by atoms with Crippen molar-refractivity contribution in [2.24, 2.45) is 35.1 Å². The van der Waals surface area contributed by atoms with E-state index in [0.717, 1.165) is 36.1 Å². The Hall–Kier alpha value is -11.5. The summed E-state index contributed by atoms with van der Waals surface area (Å²) in [6.45, 7) is 20.8. The normalized spacial score (nSPS) is 13.6. The van der Waals surface area contributed by atoms with E-state index in [1.807, 2.05) is 0 Å². The van der Waals surface area contributed by atoms with Gasteiger partial charge in [-0.05, 0) is 109 Å². The monoisotopic (exact) mass is 1570 g/mol. The molecule has 3 aromatic carbocycles. The van der Waals surface area contributed by atoms with Crippen molar-refractivity contribution in [1.82, 2.24) is 50.7 Å². The number of non-ortho nitro benzene ring substituents is 1. The Labute approximate surface area is 645 Å². The number of nitrogens with one attached hydrogen (secondary N) is 6. The standard InChI is InChI=1S/C40H50N8O12S.C33H47N7O8S/c1-5-34(51)45-23-46(35(52)6-2)25-47(24-45)36(53)17-19-61-22-33(50)44-37(26(3)4)32(49)20-28(8-7-18-42-39(41)55)38(54)43-29-11-9-27(10-12-29)21-59-40(56)60-31-15-13-30(14-16-31)48(57)58;1-5-28(44)38-19-39(29(45)6-2)21-40(20-38)30(46)13-15-49-18-27(43)37-31(22(3)4)26(42)16-24(8-7-14-35-33(34)48)32(47)36-25-11-9-23(17-41)10-12-25/h5-6,9-16,26,28,37H,1-2,7-8,17-25H2,3-4H3,(H,43,54)(H,44,50)(H3,41,42,55);5-6,9-12,22,24,31,41H,1-2,7-8,13-21H2,3-4H3,(H,36,47)(H,37,43)(H3,34,35,48)/t28-,37+;24-,31+/m11/s1. The topological polar surface area (TPSA) is 482 Å². The fourth-order valence-corrected chi connectivity index (χ4v) is 12.3. The molecule has 0 spiro atoms. The van der Waals surface area contributed by atoms with E-state index in [2.05, 4.69) is 58.2 Å². The molecular formula is C73H97N15O20S2. The van der Waals surface area contributed by atoms with Gasteiger partial charge in [0.2, 0.25) is 59.1 Å². The van der Waals surface area contributed by atoms with E-state index in [0.29, 0.717) is 35.3 Å². The third kappa shape index (κ3) is 32.2. The Kier molecular flexibility index (Phi) is 39.1.